The van der Waals surface area contributed by atoms with Gasteiger partial charge in [-0.3, -0.25) is 13.9 Å². The van der Waals surface area contributed by atoms with Crippen LogP contribution in [0.15, 0.2) is 69.4 Å². The van der Waals surface area contributed by atoms with E-state index in [1.165, 1.54) is 11.6 Å². The second-order valence-corrected chi connectivity index (χ2v) is 8.24. The Morgan fingerprint density at radius 2 is 1.79 bits per heavy atom. The molecular formula is C25H23N3O6. The van der Waals surface area contributed by atoms with Crippen molar-refractivity contribution in [3.05, 3.63) is 97.3 Å². The third-order valence-electron chi connectivity index (χ3n) is 6.15. The van der Waals surface area contributed by atoms with Crippen molar-refractivity contribution >= 4 is 11.8 Å². The molecule has 0 amide bonds. The van der Waals surface area contributed by atoms with Gasteiger partial charge in [0.25, 0.3) is 5.56 Å². The number of aromatic nitrogens is 2. The normalized spacial score (nSPS) is 16.1. The van der Waals surface area contributed by atoms with E-state index in [-0.39, 0.29) is 24.5 Å². The summed E-state index contributed by atoms with van der Waals surface area (Å²) >= 11 is 0. The van der Waals surface area contributed by atoms with Gasteiger partial charge in [-0.1, -0.05) is 36.4 Å². The molecule has 2 aromatic carbocycles. The van der Waals surface area contributed by atoms with E-state index in [2.05, 4.69) is 5.32 Å². The minimum absolute atomic E-state index is 0.0858. The number of fused-ring (bicyclic) bond motifs is 2. The molecule has 3 aromatic rings. The number of carbonyl (C=O) groups excluding carboxylic acids is 1. The van der Waals surface area contributed by atoms with Gasteiger partial charge in [-0.2, -0.15) is 0 Å². The number of hydrogen-bond donors (Lipinski definition) is 1. The van der Waals surface area contributed by atoms with Crippen molar-refractivity contribution in [2.45, 2.75) is 19.4 Å². The van der Waals surface area contributed by atoms with E-state index in [4.69, 9.17) is 14.2 Å². The Labute approximate surface area is 194 Å². The summed E-state index contributed by atoms with van der Waals surface area (Å²) in [4.78, 5) is 39.3. The Hall–Kier alpha value is -4.27. The Balaban J connectivity index is 1.65. The van der Waals surface area contributed by atoms with Gasteiger partial charge in [-0.05, 0) is 30.2 Å². The lowest BCUT2D eigenvalue weighted by molar-refractivity contribution is -0.140. The molecule has 5 rings (SSSR count). The number of allylic oxidation sites excluding steroid dienone is 1. The second kappa shape index (κ2) is 8.26. The van der Waals surface area contributed by atoms with Crippen LogP contribution < -0.4 is 26.0 Å². The highest BCUT2D eigenvalue weighted by Crippen LogP contribution is 2.43. The van der Waals surface area contributed by atoms with Gasteiger partial charge in [0.2, 0.25) is 6.79 Å². The minimum Gasteiger partial charge on any atom is -0.457 e. The lowest BCUT2D eigenvalue weighted by atomic mass is 9.82. The first-order valence-electron chi connectivity index (χ1n) is 10.7. The average Bonchev–Trinajstić information content (AvgIpc) is 3.32. The van der Waals surface area contributed by atoms with E-state index < -0.39 is 23.1 Å². The van der Waals surface area contributed by atoms with Crippen LogP contribution in [-0.4, -0.2) is 21.9 Å². The number of anilines is 1. The molecule has 1 atom stereocenters. The highest BCUT2D eigenvalue weighted by Gasteiger charge is 2.38. The summed E-state index contributed by atoms with van der Waals surface area (Å²) in [5.74, 6) is 0.111. The SMILES string of the molecule is CC1=C(C(=O)OCc2ccccc2)[C@@H](c2ccc3c(c2)OCO3)c2c(n(C)c(=O)n(C)c2=O)N1. The van der Waals surface area contributed by atoms with Crippen molar-refractivity contribution in [2.24, 2.45) is 14.1 Å². The molecule has 0 spiro atoms. The smallest absolute Gasteiger partial charge is 0.337 e. The summed E-state index contributed by atoms with van der Waals surface area (Å²) in [7, 11) is 3.00. The quantitative estimate of drug-likeness (QED) is 0.596. The van der Waals surface area contributed by atoms with Crippen molar-refractivity contribution in [3.8, 4) is 11.5 Å². The fourth-order valence-electron chi connectivity index (χ4n) is 4.39. The van der Waals surface area contributed by atoms with Gasteiger partial charge in [0.15, 0.2) is 11.5 Å². The van der Waals surface area contributed by atoms with Crippen LogP contribution in [0.25, 0.3) is 0 Å². The summed E-state index contributed by atoms with van der Waals surface area (Å²) in [6, 6.07) is 14.6. The van der Waals surface area contributed by atoms with Gasteiger partial charge >= 0.3 is 11.7 Å². The van der Waals surface area contributed by atoms with E-state index >= 15 is 0 Å². The topological polar surface area (TPSA) is 101 Å². The molecule has 2 aliphatic heterocycles. The van der Waals surface area contributed by atoms with E-state index in [1.807, 2.05) is 30.3 Å². The van der Waals surface area contributed by atoms with Crippen LogP contribution in [-0.2, 0) is 30.2 Å². The van der Waals surface area contributed by atoms with Gasteiger partial charge in [0.05, 0.1) is 17.1 Å². The molecule has 0 saturated heterocycles. The zero-order chi connectivity index (χ0) is 24.0. The minimum atomic E-state index is -0.778. The van der Waals surface area contributed by atoms with Crippen LogP contribution in [0.5, 0.6) is 11.5 Å². The predicted octanol–water partition coefficient (Wildman–Crippen LogP) is 2.39. The van der Waals surface area contributed by atoms with Gasteiger partial charge in [0, 0.05) is 19.8 Å². The van der Waals surface area contributed by atoms with Crippen LogP contribution in [0.3, 0.4) is 0 Å². The third kappa shape index (κ3) is 3.45. The average molecular weight is 461 g/mol. The lowest BCUT2D eigenvalue weighted by Gasteiger charge is -2.31. The molecular weight excluding hydrogens is 438 g/mol. The summed E-state index contributed by atoms with van der Waals surface area (Å²) in [6.07, 6.45) is 0. The molecule has 0 saturated carbocycles. The summed E-state index contributed by atoms with van der Waals surface area (Å²) in [6.45, 7) is 1.91. The molecule has 0 unspecified atom stereocenters. The van der Waals surface area contributed by atoms with Gasteiger partial charge < -0.3 is 19.5 Å². The molecule has 0 radical (unpaired) electrons. The molecule has 2 aliphatic rings. The molecule has 1 aromatic heterocycles. The maximum absolute atomic E-state index is 13.4. The van der Waals surface area contributed by atoms with Crippen LogP contribution in [0.1, 0.15) is 29.5 Å². The van der Waals surface area contributed by atoms with Crippen molar-refractivity contribution in [1.29, 1.82) is 0 Å². The first-order chi connectivity index (χ1) is 16.4. The lowest BCUT2D eigenvalue weighted by Crippen LogP contribution is -2.43. The Morgan fingerprint density at radius 1 is 1.06 bits per heavy atom. The van der Waals surface area contributed by atoms with Crippen LogP contribution in [0.2, 0.25) is 0 Å². The maximum atomic E-state index is 13.4. The number of rotatable bonds is 4. The van der Waals surface area contributed by atoms with Crippen molar-refractivity contribution in [3.63, 3.8) is 0 Å². The first-order valence-corrected chi connectivity index (χ1v) is 10.7. The fraction of sp³-hybridized carbons (Fsp3) is 0.240. The monoisotopic (exact) mass is 461 g/mol. The molecule has 9 nitrogen and oxygen atoms in total. The van der Waals surface area contributed by atoms with E-state index in [9.17, 15) is 14.4 Å². The number of benzene rings is 2. The molecule has 174 valence electrons. The number of carbonyl (C=O) groups is 1. The molecule has 0 fully saturated rings. The van der Waals surface area contributed by atoms with E-state index in [1.54, 1.807) is 32.2 Å². The van der Waals surface area contributed by atoms with Crippen molar-refractivity contribution < 1.29 is 19.0 Å². The second-order valence-electron chi connectivity index (χ2n) is 8.24. The fourth-order valence-corrected chi connectivity index (χ4v) is 4.39. The molecule has 9 heteroatoms. The third-order valence-corrected chi connectivity index (χ3v) is 6.15. The first kappa shape index (κ1) is 21.6. The summed E-state index contributed by atoms with van der Waals surface area (Å²) < 4.78 is 19.0. The maximum Gasteiger partial charge on any atom is 0.337 e. The zero-order valence-electron chi connectivity index (χ0n) is 19.0. The van der Waals surface area contributed by atoms with Crippen molar-refractivity contribution in [2.75, 3.05) is 12.1 Å². The summed E-state index contributed by atoms with van der Waals surface area (Å²) in [5.41, 5.74) is 1.60. The van der Waals surface area contributed by atoms with E-state index in [0.29, 0.717) is 28.6 Å². The van der Waals surface area contributed by atoms with Gasteiger partial charge in [0.1, 0.15) is 12.4 Å². The zero-order valence-corrected chi connectivity index (χ0v) is 19.0. The number of ether oxygens (including phenoxy) is 3. The predicted molar refractivity (Wildman–Crippen MR) is 124 cm³/mol. The highest BCUT2D eigenvalue weighted by molar-refractivity contribution is 5.94. The number of nitrogens with one attached hydrogen (secondary N) is 1. The molecule has 0 aliphatic carbocycles. The molecule has 0 bridgehead atoms. The van der Waals surface area contributed by atoms with Crippen LogP contribution >= 0.6 is 0 Å². The molecule has 3 heterocycles. The Bertz CT molecular complexity index is 1450. The Morgan fingerprint density at radius 3 is 2.56 bits per heavy atom. The number of nitrogens with zero attached hydrogens (tertiary/aromatic N) is 2. The summed E-state index contributed by atoms with van der Waals surface area (Å²) in [5, 5.41) is 3.09. The van der Waals surface area contributed by atoms with Gasteiger partial charge in [-0.25, -0.2) is 9.59 Å². The van der Waals surface area contributed by atoms with Crippen molar-refractivity contribution in [1.82, 2.24) is 9.13 Å². The largest absolute Gasteiger partial charge is 0.457 e. The van der Waals surface area contributed by atoms with Gasteiger partial charge in [-0.15, -0.1) is 0 Å². The highest BCUT2D eigenvalue weighted by atomic mass is 16.7. The molecule has 1 N–H and O–H groups in total. The standard InChI is InChI=1S/C25H23N3O6/c1-14-19(24(30)32-12-15-7-5-4-6-8-15)20(16-9-10-17-18(11-16)34-13-33-17)21-22(26-14)27(2)25(31)28(3)23(21)29/h4-11,20,26H,12-13H2,1-3H3/t20-/m1/s1. The number of esters is 1. The molecule has 34 heavy (non-hydrogen) atoms. The number of hydrogen-bond acceptors (Lipinski definition) is 7. The van der Waals surface area contributed by atoms with E-state index in [0.717, 1.165) is 10.1 Å². The van der Waals surface area contributed by atoms with Crippen LogP contribution in [0, 0.1) is 0 Å². The Kier molecular flexibility index (Phi) is 5.24. The van der Waals surface area contributed by atoms with Crippen LogP contribution in [0.4, 0.5) is 5.82 Å².